The van der Waals surface area contributed by atoms with Crippen molar-refractivity contribution in [3.63, 3.8) is 0 Å². The Morgan fingerprint density at radius 2 is 1.83 bits per heavy atom. The number of nitrogens with one attached hydrogen (secondary N) is 1. The summed E-state index contributed by atoms with van der Waals surface area (Å²) >= 11 is 1.94. The molecule has 68 valence electrons. The molecular formula is C7H10INO3. The van der Waals surface area contributed by atoms with Crippen LogP contribution in [0.3, 0.4) is 0 Å². The average molecular weight is 283 g/mol. The van der Waals surface area contributed by atoms with Crippen molar-refractivity contribution in [2.24, 2.45) is 0 Å². The van der Waals surface area contributed by atoms with Crippen molar-refractivity contribution in [2.75, 3.05) is 7.11 Å². The zero-order valence-electron chi connectivity index (χ0n) is 7.10. The van der Waals surface area contributed by atoms with Crippen LogP contribution in [0.1, 0.15) is 13.8 Å². The van der Waals surface area contributed by atoms with E-state index >= 15 is 0 Å². The van der Waals surface area contributed by atoms with Gasteiger partial charge in [-0.15, -0.1) is 0 Å². The van der Waals surface area contributed by atoms with Gasteiger partial charge in [0.1, 0.15) is 5.70 Å². The van der Waals surface area contributed by atoms with Crippen molar-refractivity contribution >= 4 is 34.5 Å². The highest BCUT2D eigenvalue weighted by atomic mass is 127. The highest BCUT2D eigenvalue weighted by Gasteiger charge is 2.12. The SMILES string of the molecule is COC(=O)C(NC(C)=O)=C(C)I. The van der Waals surface area contributed by atoms with E-state index in [0.717, 1.165) is 0 Å². The molecule has 0 saturated carbocycles. The van der Waals surface area contributed by atoms with Crippen LogP contribution in [0.25, 0.3) is 0 Å². The Kier molecular flexibility index (Phi) is 4.87. The van der Waals surface area contributed by atoms with E-state index in [0.29, 0.717) is 3.58 Å². The fourth-order valence-corrected chi connectivity index (χ4v) is 0.911. The molecule has 0 aliphatic rings. The second-order valence-electron chi connectivity index (χ2n) is 2.08. The summed E-state index contributed by atoms with van der Waals surface area (Å²) in [6, 6.07) is 0. The topological polar surface area (TPSA) is 55.4 Å². The third-order valence-corrected chi connectivity index (χ3v) is 1.57. The van der Waals surface area contributed by atoms with Crippen molar-refractivity contribution < 1.29 is 14.3 Å². The molecule has 4 nitrogen and oxygen atoms in total. The lowest BCUT2D eigenvalue weighted by molar-refractivity contribution is -0.137. The molecule has 0 aromatic rings. The molecule has 0 spiro atoms. The third-order valence-electron chi connectivity index (χ3n) is 1.04. The molecule has 0 heterocycles. The van der Waals surface area contributed by atoms with E-state index in [9.17, 15) is 9.59 Å². The van der Waals surface area contributed by atoms with Gasteiger partial charge in [-0.05, 0) is 29.5 Å². The normalized spacial score (nSPS) is 11.7. The number of allylic oxidation sites excluding steroid dienone is 1. The molecule has 0 saturated heterocycles. The summed E-state index contributed by atoms with van der Waals surface area (Å²) in [5, 5.41) is 2.39. The van der Waals surface area contributed by atoms with E-state index in [1.54, 1.807) is 6.92 Å². The summed E-state index contributed by atoms with van der Waals surface area (Å²) in [6.45, 7) is 3.05. The van der Waals surface area contributed by atoms with Crippen molar-refractivity contribution in [3.05, 3.63) is 9.28 Å². The van der Waals surface area contributed by atoms with Crippen molar-refractivity contribution in [2.45, 2.75) is 13.8 Å². The van der Waals surface area contributed by atoms with Gasteiger partial charge in [0.05, 0.1) is 7.11 Å². The van der Waals surface area contributed by atoms with Gasteiger partial charge in [-0.3, -0.25) is 4.79 Å². The quantitative estimate of drug-likeness (QED) is 0.466. The Morgan fingerprint density at radius 1 is 1.33 bits per heavy atom. The molecule has 0 aromatic carbocycles. The second-order valence-corrected chi connectivity index (χ2v) is 3.70. The van der Waals surface area contributed by atoms with Crippen LogP contribution in [0.2, 0.25) is 0 Å². The summed E-state index contributed by atoms with van der Waals surface area (Å²) in [5.74, 6) is -0.816. The van der Waals surface area contributed by atoms with Crippen LogP contribution < -0.4 is 5.32 Å². The maximum absolute atomic E-state index is 11.0. The summed E-state index contributed by atoms with van der Waals surface area (Å²) < 4.78 is 5.15. The molecule has 1 N–H and O–H groups in total. The van der Waals surface area contributed by atoms with Gasteiger partial charge in [-0.1, -0.05) is 0 Å². The van der Waals surface area contributed by atoms with E-state index in [1.165, 1.54) is 14.0 Å². The lowest BCUT2D eigenvalue weighted by Gasteiger charge is -2.06. The van der Waals surface area contributed by atoms with Gasteiger partial charge in [0.15, 0.2) is 0 Å². The minimum Gasteiger partial charge on any atom is -0.464 e. The fourth-order valence-electron chi connectivity index (χ4n) is 0.556. The van der Waals surface area contributed by atoms with Crippen LogP contribution in [0, 0.1) is 0 Å². The molecule has 5 heteroatoms. The smallest absolute Gasteiger partial charge is 0.355 e. The maximum Gasteiger partial charge on any atom is 0.355 e. The van der Waals surface area contributed by atoms with Crippen LogP contribution in [-0.2, 0) is 14.3 Å². The molecule has 0 aromatic heterocycles. The van der Waals surface area contributed by atoms with E-state index in [4.69, 9.17) is 0 Å². The molecule has 0 aliphatic heterocycles. The number of methoxy groups -OCH3 is 1. The van der Waals surface area contributed by atoms with Crippen LogP contribution in [-0.4, -0.2) is 19.0 Å². The van der Waals surface area contributed by atoms with E-state index in [1.807, 2.05) is 22.6 Å². The summed E-state index contributed by atoms with van der Waals surface area (Å²) in [4.78, 5) is 21.6. The highest BCUT2D eigenvalue weighted by molar-refractivity contribution is 14.1. The number of hydrogen-bond donors (Lipinski definition) is 1. The first kappa shape index (κ1) is 11.4. The molecule has 0 fully saturated rings. The summed E-state index contributed by atoms with van der Waals surface area (Å²) in [5.41, 5.74) is 0.200. The number of carbonyl (C=O) groups excluding carboxylic acids is 2. The summed E-state index contributed by atoms with van der Waals surface area (Å²) in [7, 11) is 1.27. The third kappa shape index (κ3) is 3.70. The first-order valence-corrected chi connectivity index (χ1v) is 4.29. The Hall–Kier alpha value is -0.590. The van der Waals surface area contributed by atoms with Gasteiger partial charge in [-0.25, -0.2) is 4.79 Å². The molecule has 1 amide bonds. The lowest BCUT2D eigenvalue weighted by Crippen LogP contribution is -2.26. The zero-order chi connectivity index (χ0) is 9.72. The number of hydrogen-bond acceptors (Lipinski definition) is 3. The van der Waals surface area contributed by atoms with Gasteiger partial charge in [0, 0.05) is 10.5 Å². The molecule has 0 rings (SSSR count). The Labute approximate surface area is 84.5 Å². The van der Waals surface area contributed by atoms with Gasteiger partial charge >= 0.3 is 5.97 Å². The Bertz CT molecular complexity index is 231. The molecule has 0 atom stereocenters. The number of amides is 1. The second kappa shape index (κ2) is 5.13. The number of carbonyl (C=O) groups is 2. The molecule has 0 radical (unpaired) electrons. The number of rotatable bonds is 2. The fraction of sp³-hybridized carbons (Fsp3) is 0.429. The van der Waals surface area contributed by atoms with E-state index in [-0.39, 0.29) is 11.6 Å². The Morgan fingerprint density at radius 3 is 2.08 bits per heavy atom. The van der Waals surface area contributed by atoms with Crippen molar-refractivity contribution in [1.29, 1.82) is 0 Å². The van der Waals surface area contributed by atoms with Crippen LogP contribution in [0.5, 0.6) is 0 Å². The zero-order valence-corrected chi connectivity index (χ0v) is 9.26. The minimum atomic E-state index is -0.530. The number of halogens is 1. The van der Waals surface area contributed by atoms with Crippen LogP contribution in [0.15, 0.2) is 9.28 Å². The van der Waals surface area contributed by atoms with Crippen LogP contribution >= 0.6 is 22.6 Å². The number of esters is 1. The standard InChI is InChI=1S/C7H10INO3/c1-4(8)6(7(11)12-3)9-5(2)10/h1-3H3,(H,9,10). The molecule has 0 bridgehead atoms. The largest absolute Gasteiger partial charge is 0.464 e. The predicted octanol–water partition coefficient (Wildman–Crippen LogP) is 0.962. The Balaban J connectivity index is 4.58. The highest BCUT2D eigenvalue weighted by Crippen LogP contribution is 2.10. The van der Waals surface area contributed by atoms with Gasteiger partial charge in [-0.2, -0.15) is 0 Å². The number of ether oxygens (including phenoxy) is 1. The van der Waals surface area contributed by atoms with Gasteiger partial charge < -0.3 is 10.1 Å². The van der Waals surface area contributed by atoms with E-state index in [2.05, 4.69) is 10.1 Å². The predicted molar refractivity (Wildman–Crippen MR) is 52.6 cm³/mol. The monoisotopic (exact) mass is 283 g/mol. The molecule has 0 unspecified atom stereocenters. The lowest BCUT2D eigenvalue weighted by atomic mass is 10.4. The van der Waals surface area contributed by atoms with Gasteiger partial charge in [0.25, 0.3) is 0 Å². The molecule has 0 aliphatic carbocycles. The minimum absolute atomic E-state index is 0.200. The van der Waals surface area contributed by atoms with Crippen molar-refractivity contribution in [3.8, 4) is 0 Å². The van der Waals surface area contributed by atoms with Crippen LogP contribution in [0.4, 0.5) is 0 Å². The molecular weight excluding hydrogens is 273 g/mol. The molecule has 12 heavy (non-hydrogen) atoms. The maximum atomic E-state index is 11.0. The van der Waals surface area contributed by atoms with E-state index < -0.39 is 5.97 Å². The average Bonchev–Trinajstić information content (AvgIpc) is 1.98. The van der Waals surface area contributed by atoms with Gasteiger partial charge in [0.2, 0.25) is 5.91 Å². The summed E-state index contributed by atoms with van der Waals surface area (Å²) in [6.07, 6.45) is 0. The first-order chi connectivity index (χ1) is 5.49. The first-order valence-electron chi connectivity index (χ1n) is 3.21. The van der Waals surface area contributed by atoms with Crippen molar-refractivity contribution in [1.82, 2.24) is 5.32 Å².